The molecule has 74 valence electrons. The Morgan fingerprint density at radius 2 is 0.917 bits per heavy atom. The van der Waals surface area contributed by atoms with Gasteiger partial charge < -0.3 is 0 Å². The fourth-order valence-corrected chi connectivity index (χ4v) is 0.343. The molecule has 0 N–H and O–H groups in total. The highest BCUT2D eigenvalue weighted by Crippen LogP contribution is 2.43. The maximum Gasteiger partial charge on any atom is 0.434 e. The highest BCUT2D eigenvalue weighted by molar-refractivity contribution is 4.92. The molecule has 0 unspecified atom stereocenters. The molecule has 0 aliphatic rings. The first-order chi connectivity index (χ1) is 5.14. The second kappa shape index (κ2) is 3.06. The number of rotatable bonds is 2. The van der Waals surface area contributed by atoms with Gasteiger partial charge in [-0.15, -0.1) is 0 Å². The van der Waals surface area contributed by atoms with E-state index < -0.39 is 24.7 Å². The van der Waals surface area contributed by atoms with Crippen LogP contribution in [0.25, 0.3) is 0 Å². The van der Waals surface area contributed by atoms with Crippen molar-refractivity contribution in [2.75, 3.05) is 0 Å². The third-order valence-electron chi connectivity index (χ3n) is 1.07. The molecule has 0 aromatic rings. The Hall–Kier alpha value is -0.560. The van der Waals surface area contributed by atoms with Crippen LogP contribution in [0.4, 0.5) is 35.1 Å². The lowest BCUT2D eigenvalue weighted by molar-refractivity contribution is -0.303. The molecule has 0 atom stereocenters. The van der Waals surface area contributed by atoms with Crippen molar-refractivity contribution < 1.29 is 35.1 Å². The van der Waals surface area contributed by atoms with Crippen molar-refractivity contribution >= 4 is 0 Å². The maximum atomic E-state index is 11.9. The fourth-order valence-electron chi connectivity index (χ4n) is 0.343. The molecular weight excluding hydrogens is 200 g/mol. The Bertz CT molecular complexity index is 138. The van der Waals surface area contributed by atoms with Gasteiger partial charge in [-0.25, -0.2) is 22.0 Å². The minimum Gasteiger partial charge on any atom is -0.221 e. The molecule has 0 rings (SSSR count). The van der Waals surface area contributed by atoms with E-state index >= 15 is 0 Å². The molecule has 8 heteroatoms. The molecule has 0 aromatic heterocycles. The normalized spacial score (nSPS) is 14.5. The first-order valence-corrected chi connectivity index (χ1v) is 2.46. The highest BCUT2D eigenvalue weighted by Gasteiger charge is 2.69. The van der Waals surface area contributed by atoms with Gasteiger partial charge in [0.2, 0.25) is 0 Å². The molecule has 0 saturated heterocycles. The zero-order valence-electron chi connectivity index (χ0n) is 5.18. The van der Waals surface area contributed by atoms with Crippen LogP contribution in [0.1, 0.15) is 0 Å². The van der Waals surface area contributed by atoms with E-state index in [1.54, 1.807) is 0 Å². The average molecular weight is 202 g/mol. The van der Waals surface area contributed by atoms with E-state index in [9.17, 15) is 35.1 Å². The van der Waals surface area contributed by atoms with Crippen LogP contribution < -0.4 is 0 Å². The van der Waals surface area contributed by atoms with E-state index in [-0.39, 0.29) is 0 Å². The predicted molar refractivity (Wildman–Crippen MR) is 21.9 cm³/mol. The molecule has 0 saturated carbocycles. The van der Waals surface area contributed by atoms with Crippen molar-refractivity contribution in [3.05, 3.63) is 0 Å². The smallest absolute Gasteiger partial charge is 0.221 e. The van der Waals surface area contributed by atoms with Crippen LogP contribution in [0.2, 0.25) is 0 Å². The Labute approximate surface area is 61.2 Å². The molecule has 12 heavy (non-hydrogen) atoms. The molecule has 0 aromatic carbocycles. The number of alkyl halides is 8. The predicted octanol–water partition coefficient (Wildman–Crippen LogP) is 2.79. The van der Waals surface area contributed by atoms with E-state index in [4.69, 9.17) is 0 Å². The summed E-state index contributed by atoms with van der Waals surface area (Å²) in [6.45, 7) is 0. The van der Waals surface area contributed by atoms with E-state index in [1.165, 1.54) is 0 Å². The second-order valence-corrected chi connectivity index (χ2v) is 1.87. The SMILES string of the molecule is FC(F)C(F)(C(F)F)C(F)(F)F. The molecular formula is C4H2F8. The van der Waals surface area contributed by atoms with Crippen molar-refractivity contribution in [2.45, 2.75) is 24.7 Å². The van der Waals surface area contributed by atoms with Crippen LogP contribution in [0, 0.1) is 0 Å². The van der Waals surface area contributed by atoms with Gasteiger partial charge in [-0.3, -0.25) is 0 Å². The Morgan fingerprint density at radius 1 is 0.667 bits per heavy atom. The molecule has 0 fully saturated rings. The number of halogens is 8. The fraction of sp³-hybridized carbons (Fsp3) is 1.00. The Morgan fingerprint density at radius 3 is 0.917 bits per heavy atom. The first kappa shape index (κ1) is 11.4. The van der Waals surface area contributed by atoms with Gasteiger partial charge in [0.25, 0.3) is 12.9 Å². The van der Waals surface area contributed by atoms with Gasteiger partial charge in [-0.05, 0) is 0 Å². The summed E-state index contributed by atoms with van der Waals surface area (Å²) in [5.74, 6) is 0. The summed E-state index contributed by atoms with van der Waals surface area (Å²) in [7, 11) is 0. The monoisotopic (exact) mass is 202 g/mol. The van der Waals surface area contributed by atoms with Crippen LogP contribution >= 0.6 is 0 Å². The lowest BCUT2D eigenvalue weighted by atomic mass is 10.1. The molecule has 0 spiro atoms. The van der Waals surface area contributed by atoms with Gasteiger partial charge in [0, 0.05) is 0 Å². The highest BCUT2D eigenvalue weighted by atomic mass is 19.4. The minimum absolute atomic E-state index is 4.79. The summed E-state index contributed by atoms with van der Waals surface area (Å²) in [6.07, 6.45) is -15.9. The quantitative estimate of drug-likeness (QED) is 0.604. The minimum atomic E-state index is -6.27. The van der Waals surface area contributed by atoms with Crippen molar-refractivity contribution in [1.82, 2.24) is 0 Å². The van der Waals surface area contributed by atoms with Gasteiger partial charge in [0.05, 0.1) is 0 Å². The standard InChI is InChI=1S/C4H2F8/c5-1(6)3(9,2(7)8)4(10,11)12/h1-2H. The van der Waals surface area contributed by atoms with Gasteiger partial charge in [-0.1, -0.05) is 0 Å². The van der Waals surface area contributed by atoms with Crippen LogP contribution in [0.3, 0.4) is 0 Å². The van der Waals surface area contributed by atoms with Crippen LogP contribution in [0.15, 0.2) is 0 Å². The van der Waals surface area contributed by atoms with Crippen LogP contribution in [0.5, 0.6) is 0 Å². The maximum absolute atomic E-state index is 11.9. The number of hydrogen-bond acceptors (Lipinski definition) is 0. The summed E-state index contributed by atoms with van der Waals surface area (Å²) >= 11 is 0. The van der Waals surface area contributed by atoms with E-state index in [1.807, 2.05) is 0 Å². The first-order valence-electron chi connectivity index (χ1n) is 2.46. The van der Waals surface area contributed by atoms with Crippen molar-refractivity contribution in [3.8, 4) is 0 Å². The summed E-state index contributed by atoms with van der Waals surface area (Å²) < 4.78 is 90.8. The van der Waals surface area contributed by atoms with Crippen LogP contribution in [-0.2, 0) is 0 Å². The van der Waals surface area contributed by atoms with Gasteiger partial charge in [0.1, 0.15) is 0 Å². The van der Waals surface area contributed by atoms with Crippen molar-refractivity contribution in [3.63, 3.8) is 0 Å². The molecule has 0 aliphatic carbocycles. The van der Waals surface area contributed by atoms with E-state index in [2.05, 4.69) is 0 Å². The average Bonchev–Trinajstić information content (AvgIpc) is 1.82. The lowest BCUT2D eigenvalue weighted by Crippen LogP contribution is -2.53. The topological polar surface area (TPSA) is 0 Å². The Kier molecular flexibility index (Phi) is 2.92. The van der Waals surface area contributed by atoms with Crippen molar-refractivity contribution in [1.29, 1.82) is 0 Å². The summed E-state index contributed by atoms with van der Waals surface area (Å²) in [6, 6.07) is 0. The molecule has 0 amide bonds. The van der Waals surface area contributed by atoms with Crippen molar-refractivity contribution in [2.24, 2.45) is 0 Å². The summed E-state index contributed by atoms with van der Waals surface area (Å²) in [4.78, 5) is 0. The summed E-state index contributed by atoms with van der Waals surface area (Å²) in [5, 5.41) is 0. The molecule has 0 heterocycles. The zero-order valence-corrected chi connectivity index (χ0v) is 5.18. The van der Waals surface area contributed by atoms with Gasteiger partial charge in [0.15, 0.2) is 0 Å². The van der Waals surface area contributed by atoms with E-state index in [0.29, 0.717) is 0 Å². The second-order valence-electron chi connectivity index (χ2n) is 1.87. The largest absolute Gasteiger partial charge is 0.434 e. The third-order valence-corrected chi connectivity index (χ3v) is 1.07. The van der Waals surface area contributed by atoms with Crippen LogP contribution in [-0.4, -0.2) is 24.7 Å². The molecule has 0 nitrogen and oxygen atoms in total. The number of hydrogen-bond donors (Lipinski definition) is 0. The summed E-state index contributed by atoms with van der Waals surface area (Å²) in [5.41, 5.74) is -5.73. The van der Waals surface area contributed by atoms with E-state index in [0.717, 1.165) is 0 Å². The lowest BCUT2D eigenvalue weighted by Gasteiger charge is -2.25. The van der Waals surface area contributed by atoms with Gasteiger partial charge in [-0.2, -0.15) is 13.2 Å². The molecule has 0 aliphatic heterocycles. The molecule has 0 radical (unpaired) electrons. The Balaban J connectivity index is 4.89. The third kappa shape index (κ3) is 1.61. The van der Waals surface area contributed by atoms with Gasteiger partial charge >= 0.3 is 11.8 Å². The molecule has 0 bridgehead atoms. The zero-order chi connectivity index (χ0) is 10.2.